The van der Waals surface area contributed by atoms with Gasteiger partial charge in [0.15, 0.2) is 0 Å². The number of rotatable bonds is 2. The summed E-state index contributed by atoms with van der Waals surface area (Å²) in [6, 6.07) is 0.511. The van der Waals surface area contributed by atoms with E-state index in [0.29, 0.717) is 6.04 Å². The molecule has 1 heteroatoms. The van der Waals surface area contributed by atoms with Crippen LogP contribution in [0.1, 0.15) is 85.0 Å². The zero-order valence-electron chi connectivity index (χ0n) is 15.3. The second-order valence-electron chi connectivity index (χ2n) is 9.34. The fraction of sp³-hybridized carbons (Fsp3) is 1.00. The molecular formula is C21H39N. The summed E-state index contributed by atoms with van der Waals surface area (Å²) in [4.78, 5) is 0. The average Bonchev–Trinajstić information content (AvgIpc) is 2.47. The minimum Gasteiger partial charge on any atom is -0.328 e. The molecule has 3 rings (SSSR count). The molecule has 7 unspecified atom stereocenters. The quantitative estimate of drug-likeness (QED) is 0.703. The van der Waals surface area contributed by atoms with E-state index in [2.05, 4.69) is 20.8 Å². The van der Waals surface area contributed by atoms with E-state index in [4.69, 9.17) is 5.73 Å². The molecule has 0 aromatic heterocycles. The van der Waals surface area contributed by atoms with Gasteiger partial charge in [0.2, 0.25) is 0 Å². The van der Waals surface area contributed by atoms with Crippen LogP contribution in [0.4, 0.5) is 0 Å². The van der Waals surface area contributed by atoms with Crippen LogP contribution >= 0.6 is 0 Å². The highest BCUT2D eigenvalue weighted by Gasteiger charge is 2.43. The van der Waals surface area contributed by atoms with Crippen LogP contribution in [0.15, 0.2) is 0 Å². The maximum absolute atomic E-state index is 6.27. The smallest absolute Gasteiger partial charge is 0.00416 e. The minimum atomic E-state index is 0.511. The lowest BCUT2D eigenvalue weighted by Crippen LogP contribution is -2.44. The highest BCUT2D eigenvalue weighted by Crippen LogP contribution is 2.52. The van der Waals surface area contributed by atoms with E-state index < -0.39 is 0 Å². The van der Waals surface area contributed by atoms with Crippen LogP contribution < -0.4 is 5.73 Å². The molecule has 0 aliphatic heterocycles. The SMILES string of the molecule is CCCC1CC2CCC3C[C@H](N)CCC3C2CC(C)CC1C. The first-order valence-corrected chi connectivity index (χ1v) is 10.3. The zero-order valence-corrected chi connectivity index (χ0v) is 15.3. The molecule has 0 spiro atoms. The van der Waals surface area contributed by atoms with Gasteiger partial charge in [-0.2, -0.15) is 0 Å². The molecule has 22 heavy (non-hydrogen) atoms. The second kappa shape index (κ2) is 7.24. The van der Waals surface area contributed by atoms with Gasteiger partial charge in [0.1, 0.15) is 0 Å². The van der Waals surface area contributed by atoms with Gasteiger partial charge in [-0.05, 0) is 92.8 Å². The Labute approximate surface area is 138 Å². The second-order valence-corrected chi connectivity index (χ2v) is 9.34. The summed E-state index contributed by atoms with van der Waals surface area (Å²) in [5.74, 6) is 6.97. The summed E-state index contributed by atoms with van der Waals surface area (Å²) in [7, 11) is 0. The summed E-state index contributed by atoms with van der Waals surface area (Å²) in [5.41, 5.74) is 6.27. The van der Waals surface area contributed by atoms with Crippen molar-refractivity contribution in [1.29, 1.82) is 0 Å². The van der Waals surface area contributed by atoms with Crippen molar-refractivity contribution in [1.82, 2.24) is 0 Å². The first-order valence-electron chi connectivity index (χ1n) is 10.3. The van der Waals surface area contributed by atoms with Gasteiger partial charge in [-0.25, -0.2) is 0 Å². The molecule has 1 nitrogen and oxygen atoms in total. The molecule has 0 saturated heterocycles. The van der Waals surface area contributed by atoms with E-state index in [0.717, 1.165) is 41.4 Å². The fourth-order valence-corrected chi connectivity index (χ4v) is 6.65. The van der Waals surface area contributed by atoms with Gasteiger partial charge in [0, 0.05) is 6.04 Å². The predicted molar refractivity (Wildman–Crippen MR) is 95.6 cm³/mol. The summed E-state index contributed by atoms with van der Waals surface area (Å²) >= 11 is 0. The van der Waals surface area contributed by atoms with Crippen LogP contribution in [-0.2, 0) is 0 Å². The molecule has 3 aliphatic rings. The first-order chi connectivity index (χ1) is 10.6. The van der Waals surface area contributed by atoms with Crippen LogP contribution in [-0.4, -0.2) is 6.04 Å². The van der Waals surface area contributed by atoms with Crippen LogP contribution in [0.5, 0.6) is 0 Å². The topological polar surface area (TPSA) is 26.0 Å². The lowest BCUT2D eigenvalue weighted by atomic mass is 9.56. The Morgan fingerprint density at radius 1 is 0.818 bits per heavy atom. The van der Waals surface area contributed by atoms with Crippen molar-refractivity contribution in [3.8, 4) is 0 Å². The van der Waals surface area contributed by atoms with Crippen molar-refractivity contribution < 1.29 is 0 Å². The van der Waals surface area contributed by atoms with E-state index in [9.17, 15) is 0 Å². The van der Waals surface area contributed by atoms with Crippen LogP contribution in [0, 0.1) is 41.4 Å². The summed E-state index contributed by atoms with van der Waals surface area (Å²) in [5, 5.41) is 0. The molecule has 3 fully saturated rings. The molecule has 0 aromatic carbocycles. The molecule has 0 heterocycles. The van der Waals surface area contributed by atoms with Gasteiger partial charge >= 0.3 is 0 Å². The van der Waals surface area contributed by atoms with Crippen molar-refractivity contribution in [2.45, 2.75) is 91.0 Å². The standard InChI is InChI=1S/C21H39N/c1-4-5-16-12-17-6-7-18-13-19(22)8-9-20(18)21(17)11-14(2)10-15(16)3/h14-21H,4-13,22H2,1-3H3/t14?,15?,16?,17?,18?,19-,20?,21?/m1/s1. The lowest BCUT2D eigenvalue weighted by Gasteiger charge is -2.50. The van der Waals surface area contributed by atoms with Crippen molar-refractivity contribution in [2.24, 2.45) is 47.2 Å². The van der Waals surface area contributed by atoms with E-state index in [1.165, 1.54) is 57.8 Å². The van der Waals surface area contributed by atoms with Crippen LogP contribution in [0.25, 0.3) is 0 Å². The molecule has 2 N–H and O–H groups in total. The predicted octanol–water partition coefficient (Wildman–Crippen LogP) is 5.63. The normalized spacial score (nSPS) is 49.6. The van der Waals surface area contributed by atoms with Crippen LogP contribution in [0.2, 0.25) is 0 Å². The van der Waals surface area contributed by atoms with Crippen LogP contribution in [0.3, 0.4) is 0 Å². The summed E-state index contributed by atoms with van der Waals surface area (Å²) in [6.45, 7) is 7.47. The Hall–Kier alpha value is -0.0400. The highest BCUT2D eigenvalue weighted by atomic mass is 14.7. The molecule has 3 saturated carbocycles. The molecule has 0 amide bonds. The summed E-state index contributed by atoms with van der Waals surface area (Å²) < 4.78 is 0. The Morgan fingerprint density at radius 2 is 1.55 bits per heavy atom. The van der Waals surface area contributed by atoms with Gasteiger partial charge in [-0.1, -0.05) is 33.6 Å². The maximum Gasteiger partial charge on any atom is 0.00416 e. The molecule has 3 aliphatic carbocycles. The minimum absolute atomic E-state index is 0.511. The number of hydrogen-bond acceptors (Lipinski definition) is 1. The lowest BCUT2D eigenvalue weighted by molar-refractivity contribution is 0.00466. The monoisotopic (exact) mass is 305 g/mol. The maximum atomic E-state index is 6.27. The van der Waals surface area contributed by atoms with Crippen molar-refractivity contribution in [3.05, 3.63) is 0 Å². The van der Waals surface area contributed by atoms with Crippen molar-refractivity contribution >= 4 is 0 Å². The van der Waals surface area contributed by atoms with Gasteiger partial charge < -0.3 is 5.73 Å². The Morgan fingerprint density at radius 3 is 2.27 bits per heavy atom. The number of fused-ring (bicyclic) bond motifs is 3. The zero-order chi connectivity index (χ0) is 15.7. The fourth-order valence-electron chi connectivity index (χ4n) is 6.65. The Kier molecular flexibility index (Phi) is 5.53. The van der Waals surface area contributed by atoms with Crippen molar-refractivity contribution in [2.75, 3.05) is 0 Å². The van der Waals surface area contributed by atoms with E-state index >= 15 is 0 Å². The van der Waals surface area contributed by atoms with E-state index in [1.54, 1.807) is 6.42 Å². The number of nitrogens with two attached hydrogens (primary N) is 1. The average molecular weight is 306 g/mol. The third kappa shape index (κ3) is 3.55. The molecule has 0 bridgehead atoms. The largest absolute Gasteiger partial charge is 0.328 e. The van der Waals surface area contributed by atoms with Crippen molar-refractivity contribution in [3.63, 3.8) is 0 Å². The Bertz CT molecular complexity index is 352. The third-order valence-corrected chi connectivity index (χ3v) is 7.66. The van der Waals surface area contributed by atoms with Gasteiger partial charge in [-0.3, -0.25) is 0 Å². The van der Waals surface area contributed by atoms with Gasteiger partial charge in [0.25, 0.3) is 0 Å². The summed E-state index contributed by atoms with van der Waals surface area (Å²) in [6.07, 6.45) is 14.5. The van der Waals surface area contributed by atoms with Gasteiger partial charge in [-0.15, -0.1) is 0 Å². The van der Waals surface area contributed by atoms with Gasteiger partial charge in [0.05, 0.1) is 0 Å². The first kappa shape index (κ1) is 16.8. The highest BCUT2D eigenvalue weighted by molar-refractivity contribution is 4.95. The third-order valence-electron chi connectivity index (χ3n) is 7.66. The molecule has 128 valence electrons. The molecular weight excluding hydrogens is 266 g/mol. The van der Waals surface area contributed by atoms with E-state index in [1.807, 2.05) is 0 Å². The van der Waals surface area contributed by atoms with E-state index in [-0.39, 0.29) is 0 Å². The molecule has 8 atom stereocenters. The number of hydrogen-bond donors (Lipinski definition) is 1. The molecule has 0 radical (unpaired) electrons. The molecule has 0 aromatic rings. The Balaban J connectivity index is 1.75.